The SMILES string of the molecule is FC(F)(F)c1ccnc(OCC2CN(CC=Cc3ccco3)CCO2)n1. The molecule has 0 N–H and O–H groups in total. The van der Waals surface area contributed by atoms with E-state index in [2.05, 4.69) is 14.9 Å². The lowest BCUT2D eigenvalue weighted by molar-refractivity contribution is -0.141. The average Bonchev–Trinajstić information content (AvgIpc) is 3.13. The third-order valence-corrected chi connectivity index (χ3v) is 3.73. The first kappa shape index (κ1) is 18.4. The lowest BCUT2D eigenvalue weighted by Crippen LogP contribution is -2.45. The van der Waals surface area contributed by atoms with Crippen LogP contribution in [0.15, 0.2) is 41.2 Å². The third kappa shape index (κ3) is 5.30. The first-order valence-electron chi connectivity index (χ1n) is 8.08. The Labute approximate surface area is 148 Å². The van der Waals surface area contributed by atoms with E-state index >= 15 is 0 Å². The molecule has 0 amide bonds. The summed E-state index contributed by atoms with van der Waals surface area (Å²) in [4.78, 5) is 9.24. The molecule has 9 heteroatoms. The molecule has 0 bridgehead atoms. The van der Waals surface area contributed by atoms with Crippen LogP contribution in [0.1, 0.15) is 11.5 Å². The van der Waals surface area contributed by atoms with E-state index in [-0.39, 0.29) is 18.7 Å². The molecule has 1 saturated heterocycles. The summed E-state index contributed by atoms with van der Waals surface area (Å²) in [5.74, 6) is 0.778. The molecule has 0 spiro atoms. The zero-order valence-electron chi connectivity index (χ0n) is 13.9. The Balaban J connectivity index is 1.48. The van der Waals surface area contributed by atoms with Gasteiger partial charge in [-0.2, -0.15) is 18.2 Å². The normalized spacial score (nSPS) is 19.1. The van der Waals surface area contributed by atoms with Gasteiger partial charge in [-0.15, -0.1) is 0 Å². The second-order valence-corrected chi connectivity index (χ2v) is 5.70. The molecule has 1 unspecified atom stereocenters. The van der Waals surface area contributed by atoms with Crippen molar-refractivity contribution in [2.24, 2.45) is 0 Å². The number of hydrogen-bond acceptors (Lipinski definition) is 6. The van der Waals surface area contributed by atoms with Crippen LogP contribution in [-0.4, -0.2) is 53.8 Å². The highest BCUT2D eigenvalue weighted by Gasteiger charge is 2.33. The van der Waals surface area contributed by atoms with Crippen molar-refractivity contribution in [3.8, 4) is 6.01 Å². The van der Waals surface area contributed by atoms with Gasteiger partial charge in [0.05, 0.1) is 12.9 Å². The molecule has 2 aromatic rings. The molecule has 3 heterocycles. The molecular weight excluding hydrogens is 351 g/mol. The van der Waals surface area contributed by atoms with Gasteiger partial charge in [0.1, 0.15) is 18.5 Å². The minimum Gasteiger partial charge on any atom is -0.465 e. The van der Waals surface area contributed by atoms with Crippen molar-refractivity contribution in [3.05, 3.63) is 48.2 Å². The molecule has 0 saturated carbocycles. The van der Waals surface area contributed by atoms with E-state index in [1.807, 2.05) is 24.3 Å². The van der Waals surface area contributed by atoms with Crippen LogP contribution in [0.3, 0.4) is 0 Å². The Hall–Kier alpha value is -2.39. The molecule has 26 heavy (non-hydrogen) atoms. The fraction of sp³-hybridized carbons (Fsp3) is 0.412. The lowest BCUT2D eigenvalue weighted by Gasteiger charge is -2.31. The predicted molar refractivity (Wildman–Crippen MR) is 86.5 cm³/mol. The predicted octanol–water partition coefficient (Wildman–Crippen LogP) is 2.88. The summed E-state index contributed by atoms with van der Waals surface area (Å²) in [5.41, 5.74) is -1.03. The molecule has 0 radical (unpaired) electrons. The van der Waals surface area contributed by atoms with Gasteiger partial charge in [0.25, 0.3) is 0 Å². The minimum absolute atomic E-state index is 0.0830. The Kier molecular flexibility index (Phi) is 5.89. The topological polar surface area (TPSA) is 60.6 Å². The lowest BCUT2D eigenvalue weighted by atomic mass is 10.2. The fourth-order valence-electron chi connectivity index (χ4n) is 2.49. The van der Waals surface area contributed by atoms with Crippen LogP contribution in [0.25, 0.3) is 6.08 Å². The van der Waals surface area contributed by atoms with Crippen molar-refractivity contribution in [2.75, 3.05) is 32.8 Å². The van der Waals surface area contributed by atoms with E-state index in [9.17, 15) is 13.2 Å². The van der Waals surface area contributed by atoms with Crippen molar-refractivity contribution < 1.29 is 27.1 Å². The summed E-state index contributed by atoms with van der Waals surface area (Å²) in [6, 6.07) is 4.18. The van der Waals surface area contributed by atoms with Gasteiger partial charge >= 0.3 is 12.2 Å². The Bertz CT molecular complexity index is 720. The molecule has 140 valence electrons. The van der Waals surface area contributed by atoms with E-state index < -0.39 is 11.9 Å². The summed E-state index contributed by atoms with van der Waals surface area (Å²) >= 11 is 0. The summed E-state index contributed by atoms with van der Waals surface area (Å²) in [7, 11) is 0. The van der Waals surface area contributed by atoms with Gasteiger partial charge in [-0.25, -0.2) is 4.98 Å². The van der Waals surface area contributed by atoms with Crippen molar-refractivity contribution in [3.63, 3.8) is 0 Å². The number of ether oxygens (including phenoxy) is 2. The Morgan fingerprint density at radius 3 is 3.00 bits per heavy atom. The highest BCUT2D eigenvalue weighted by Crippen LogP contribution is 2.27. The smallest absolute Gasteiger partial charge is 0.433 e. The number of nitrogens with zero attached hydrogens (tertiary/aromatic N) is 3. The zero-order chi connectivity index (χ0) is 18.4. The van der Waals surface area contributed by atoms with Crippen LogP contribution in [0, 0.1) is 0 Å². The monoisotopic (exact) mass is 369 g/mol. The first-order valence-corrected chi connectivity index (χ1v) is 8.08. The number of aromatic nitrogens is 2. The molecule has 2 aromatic heterocycles. The summed E-state index contributed by atoms with van der Waals surface area (Å²) in [6.07, 6.45) is 1.71. The van der Waals surface area contributed by atoms with Gasteiger partial charge in [0.15, 0.2) is 5.69 Å². The van der Waals surface area contributed by atoms with Crippen LogP contribution < -0.4 is 4.74 Å². The minimum atomic E-state index is -4.53. The Morgan fingerprint density at radius 1 is 1.35 bits per heavy atom. The van der Waals surface area contributed by atoms with Gasteiger partial charge in [0, 0.05) is 25.8 Å². The van der Waals surface area contributed by atoms with Crippen molar-refractivity contribution >= 4 is 6.08 Å². The van der Waals surface area contributed by atoms with Crippen molar-refractivity contribution in [1.82, 2.24) is 14.9 Å². The van der Waals surface area contributed by atoms with E-state index in [0.717, 1.165) is 24.6 Å². The number of hydrogen-bond donors (Lipinski definition) is 0. The number of furan rings is 1. The Morgan fingerprint density at radius 2 is 2.23 bits per heavy atom. The average molecular weight is 369 g/mol. The third-order valence-electron chi connectivity index (χ3n) is 3.73. The zero-order valence-corrected chi connectivity index (χ0v) is 13.9. The van der Waals surface area contributed by atoms with Crippen LogP contribution in [0.5, 0.6) is 6.01 Å². The van der Waals surface area contributed by atoms with Crippen LogP contribution >= 0.6 is 0 Å². The summed E-state index contributed by atoms with van der Waals surface area (Å²) < 4.78 is 54.0. The number of alkyl halides is 3. The van der Waals surface area contributed by atoms with Gasteiger partial charge in [0.2, 0.25) is 0 Å². The molecule has 0 aliphatic carbocycles. The van der Waals surface area contributed by atoms with Gasteiger partial charge in [-0.3, -0.25) is 4.90 Å². The van der Waals surface area contributed by atoms with E-state index in [0.29, 0.717) is 19.7 Å². The van der Waals surface area contributed by atoms with Gasteiger partial charge < -0.3 is 13.9 Å². The maximum atomic E-state index is 12.6. The largest absolute Gasteiger partial charge is 0.465 e. The number of rotatable bonds is 6. The molecule has 1 atom stereocenters. The summed E-state index contributed by atoms with van der Waals surface area (Å²) in [6.45, 7) is 2.67. The highest BCUT2D eigenvalue weighted by molar-refractivity contribution is 5.42. The second kappa shape index (κ2) is 8.33. The van der Waals surface area contributed by atoms with Crippen LogP contribution in [-0.2, 0) is 10.9 Å². The maximum Gasteiger partial charge on any atom is 0.433 e. The van der Waals surface area contributed by atoms with Crippen LogP contribution in [0.4, 0.5) is 13.2 Å². The van der Waals surface area contributed by atoms with Crippen molar-refractivity contribution in [1.29, 1.82) is 0 Å². The number of halogens is 3. The van der Waals surface area contributed by atoms with Gasteiger partial charge in [-0.05, 0) is 24.3 Å². The maximum absolute atomic E-state index is 12.6. The highest BCUT2D eigenvalue weighted by atomic mass is 19.4. The molecule has 6 nitrogen and oxygen atoms in total. The van der Waals surface area contributed by atoms with E-state index in [1.54, 1.807) is 6.26 Å². The molecule has 3 rings (SSSR count). The van der Waals surface area contributed by atoms with Gasteiger partial charge in [-0.1, -0.05) is 6.08 Å². The van der Waals surface area contributed by atoms with E-state index in [1.165, 1.54) is 0 Å². The molecular formula is C17H18F3N3O3. The molecule has 1 aliphatic rings. The van der Waals surface area contributed by atoms with Crippen molar-refractivity contribution in [2.45, 2.75) is 12.3 Å². The second-order valence-electron chi connectivity index (χ2n) is 5.70. The fourth-order valence-corrected chi connectivity index (χ4v) is 2.49. The molecule has 1 aliphatic heterocycles. The summed E-state index contributed by atoms with van der Waals surface area (Å²) in [5, 5.41) is 0. The number of morpholine rings is 1. The standard InChI is InChI=1S/C17H18F3N3O3/c18-17(19,20)15-5-6-21-16(22-15)26-12-14-11-23(8-10-25-14)7-1-3-13-4-2-9-24-13/h1-6,9,14H,7-8,10-12H2. The quantitative estimate of drug-likeness (QED) is 0.780. The molecule has 1 fully saturated rings. The van der Waals surface area contributed by atoms with E-state index in [4.69, 9.17) is 13.9 Å². The van der Waals surface area contributed by atoms with Crippen LogP contribution in [0.2, 0.25) is 0 Å². The first-order chi connectivity index (χ1) is 12.5. The molecule has 0 aromatic carbocycles.